The molecule has 0 bridgehead atoms. The van der Waals surface area contributed by atoms with E-state index in [0.29, 0.717) is 10.6 Å². The Morgan fingerprint density at radius 1 is 0.824 bits per heavy atom. The number of sulfonamides is 1. The summed E-state index contributed by atoms with van der Waals surface area (Å²) >= 11 is 6.09. The van der Waals surface area contributed by atoms with Crippen LogP contribution in [0.1, 0.15) is 22.8 Å². The lowest BCUT2D eigenvalue weighted by Crippen LogP contribution is -2.41. The summed E-state index contributed by atoms with van der Waals surface area (Å²) in [6.07, 6.45) is 0. The lowest BCUT2D eigenvalue weighted by atomic mass is 10.0. The van der Waals surface area contributed by atoms with E-state index in [1.165, 1.54) is 25.1 Å². The molecule has 6 nitrogen and oxygen atoms in total. The maximum absolute atomic E-state index is 13.0. The molecular weight excluding hydrogens is 472 g/mol. The second kappa shape index (κ2) is 9.77. The summed E-state index contributed by atoms with van der Waals surface area (Å²) < 4.78 is 28.2. The predicted molar refractivity (Wildman–Crippen MR) is 134 cm³/mol. The van der Waals surface area contributed by atoms with E-state index in [0.717, 1.165) is 10.8 Å². The van der Waals surface area contributed by atoms with Crippen LogP contribution in [-0.4, -0.2) is 26.2 Å². The third-order valence-electron chi connectivity index (χ3n) is 5.28. The number of carbonyl (C=O) groups is 2. The Morgan fingerprint density at radius 3 is 2.24 bits per heavy atom. The van der Waals surface area contributed by atoms with Gasteiger partial charge in [0, 0.05) is 16.1 Å². The van der Waals surface area contributed by atoms with Crippen LogP contribution < -0.4 is 10.0 Å². The minimum absolute atomic E-state index is 0.0530. The number of hydrogen-bond acceptors (Lipinski definition) is 4. The van der Waals surface area contributed by atoms with Gasteiger partial charge in [-0.15, -0.1) is 0 Å². The molecule has 4 aromatic carbocycles. The van der Waals surface area contributed by atoms with Crippen LogP contribution >= 0.6 is 11.6 Å². The zero-order valence-electron chi connectivity index (χ0n) is 18.2. The van der Waals surface area contributed by atoms with Gasteiger partial charge in [-0.3, -0.25) is 9.59 Å². The Kier molecular flexibility index (Phi) is 6.79. The average Bonchev–Trinajstić information content (AvgIpc) is 2.84. The zero-order valence-corrected chi connectivity index (χ0v) is 19.7. The van der Waals surface area contributed by atoms with E-state index in [9.17, 15) is 18.0 Å². The molecule has 0 aromatic heterocycles. The lowest BCUT2D eigenvalue weighted by molar-refractivity contribution is -0.117. The highest BCUT2D eigenvalue weighted by Crippen LogP contribution is 2.24. The monoisotopic (exact) mass is 492 g/mol. The van der Waals surface area contributed by atoms with E-state index < -0.39 is 22.0 Å². The Morgan fingerprint density at radius 2 is 1.50 bits per heavy atom. The molecule has 4 aromatic rings. The smallest absolute Gasteiger partial charge is 0.242 e. The summed E-state index contributed by atoms with van der Waals surface area (Å²) in [4.78, 5) is 25.9. The van der Waals surface area contributed by atoms with Gasteiger partial charge in [0.25, 0.3) is 0 Å². The molecule has 0 unspecified atom stereocenters. The van der Waals surface area contributed by atoms with Gasteiger partial charge in [-0.25, -0.2) is 8.42 Å². The standard InChI is InChI=1S/C26H21ClN2O4S/c1-17(29-34(32,33)22-13-11-18-7-5-6-10-20(18)15-22)26(31)28-24-14-12-21(27)16-23(24)25(30)19-8-3-2-4-9-19/h2-17,29H,1H3,(H,28,31)/t17-/m1/s1. The fourth-order valence-corrected chi connectivity index (χ4v) is 4.90. The molecule has 4 rings (SSSR count). The highest BCUT2D eigenvalue weighted by Gasteiger charge is 2.24. The number of nitrogens with one attached hydrogen (secondary N) is 2. The minimum atomic E-state index is -3.96. The average molecular weight is 493 g/mol. The molecule has 0 heterocycles. The second-order valence-corrected chi connectivity index (χ2v) is 9.88. The van der Waals surface area contributed by atoms with E-state index >= 15 is 0 Å². The molecular formula is C26H21ClN2O4S. The van der Waals surface area contributed by atoms with Gasteiger partial charge in [0.2, 0.25) is 15.9 Å². The third-order valence-corrected chi connectivity index (χ3v) is 7.05. The fourth-order valence-electron chi connectivity index (χ4n) is 3.49. The molecule has 2 N–H and O–H groups in total. The first-order valence-corrected chi connectivity index (χ1v) is 12.3. The highest BCUT2D eigenvalue weighted by atomic mass is 35.5. The van der Waals surface area contributed by atoms with Crippen LogP contribution in [0.25, 0.3) is 10.8 Å². The lowest BCUT2D eigenvalue weighted by Gasteiger charge is -2.16. The number of amides is 1. The SMILES string of the molecule is C[C@@H](NS(=O)(=O)c1ccc2ccccc2c1)C(=O)Nc1ccc(Cl)cc1C(=O)c1ccccc1. The molecule has 34 heavy (non-hydrogen) atoms. The summed E-state index contributed by atoms with van der Waals surface area (Å²) in [7, 11) is -3.96. The first kappa shape index (κ1) is 23.6. The van der Waals surface area contributed by atoms with Crippen LogP contribution in [0.15, 0.2) is 95.9 Å². The van der Waals surface area contributed by atoms with Crippen LogP contribution in [0.2, 0.25) is 5.02 Å². The van der Waals surface area contributed by atoms with Crippen LogP contribution in [0.4, 0.5) is 5.69 Å². The summed E-state index contributed by atoms with van der Waals surface area (Å²) in [5.74, 6) is -0.934. The van der Waals surface area contributed by atoms with E-state index in [2.05, 4.69) is 10.0 Å². The molecule has 0 aliphatic heterocycles. The Labute approximate surface area is 202 Å². The number of anilines is 1. The number of fused-ring (bicyclic) bond motifs is 1. The molecule has 1 atom stereocenters. The van der Waals surface area contributed by atoms with Gasteiger partial charge in [0.05, 0.1) is 16.6 Å². The first-order chi connectivity index (χ1) is 16.2. The highest BCUT2D eigenvalue weighted by molar-refractivity contribution is 7.89. The van der Waals surface area contributed by atoms with Crippen molar-refractivity contribution in [1.29, 1.82) is 0 Å². The molecule has 8 heteroatoms. The van der Waals surface area contributed by atoms with E-state index in [4.69, 9.17) is 11.6 Å². The summed E-state index contributed by atoms with van der Waals surface area (Å²) in [5.41, 5.74) is 0.877. The van der Waals surface area contributed by atoms with Crippen molar-refractivity contribution in [3.8, 4) is 0 Å². The van der Waals surface area contributed by atoms with Crippen LogP contribution in [0.3, 0.4) is 0 Å². The van der Waals surface area contributed by atoms with Crippen molar-refractivity contribution in [2.75, 3.05) is 5.32 Å². The second-order valence-electron chi connectivity index (χ2n) is 7.73. The van der Waals surface area contributed by atoms with Crippen molar-refractivity contribution in [2.24, 2.45) is 0 Å². The summed E-state index contributed by atoms with van der Waals surface area (Å²) in [6, 6.07) is 24.2. The van der Waals surface area contributed by atoms with Crippen molar-refractivity contribution in [1.82, 2.24) is 4.72 Å². The Hall–Kier alpha value is -3.52. The van der Waals surface area contributed by atoms with Gasteiger partial charge in [0.15, 0.2) is 5.78 Å². The zero-order chi connectivity index (χ0) is 24.3. The molecule has 172 valence electrons. The third kappa shape index (κ3) is 5.17. The van der Waals surface area contributed by atoms with Crippen molar-refractivity contribution >= 4 is 49.8 Å². The van der Waals surface area contributed by atoms with Gasteiger partial charge >= 0.3 is 0 Å². The normalized spacial score (nSPS) is 12.3. The van der Waals surface area contributed by atoms with Crippen molar-refractivity contribution in [3.63, 3.8) is 0 Å². The topological polar surface area (TPSA) is 92.3 Å². The molecule has 0 aliphatic carbocycles. The van der Waals surface area contributed by atoms with Crippen LogP contribution in [0, 0.1) is 0 Å². The largest absolute Gasteiger partial charge is 0.324 e. The maximum Gasteiger partial charge on any atom is 0.242 e. The molecule has 0 saturated heterocycles. The van der Waals surface area contributed by atoms with Crippen molar-refractivity contribution in [3.05, 3.63) is 107 Å². The summed E-state index contributed by atoms with van der Waals surface area (Å²) in [5, 5.41) is 4.66. The van der Waals surface area contributed by atoms with Crippen LogP contribution in [-0.2, 0) is 14.8 Å². The predicted octanol–water partition coefficient (Wildman–Crippen LogP) is 5.03. The molecule has 0 spiro atoms. The number of halogens is 1. The van der Waals surface area contributed by atoms with E-state index in [-0.39, 0.29) is 21.9 Å². The molecule has 0 aliphatic rings. The van der Waals surface area contributed by atoms with Crippen LogP contribution in [0.5, 0.6) is 0 Å². The molecule has 0 saturated carbocycles. The summed E-state index contributed by atoms with van der Waals surface area (Å²) in [6.45, 7) is 1.43. The van der Waals surface area contributed by atoms with Gasteiger partial charge in [0.1, 0.15) is 0 Å². The number of ketones is 1. The number of benzene rings is 4. The van der Waals surface area contributed by atoms with E-state index in [1.807, 2.05) is 24.3 Å². The maximum atomic E-state index is 13.0. The van der Waals surface area contributed by atoms with Gasteiger partial charge < -0.3 is 5.32 Å². The fraction of sp³-hybridized carbons (Fsp3) is 0.0769. The Bertz CT molecular complexity index is 1490. The van der Waals surface area contributed by atoms with Gasteiger partial charge in [-0.2, -0.15) is 4.72 Å². The van der Waals surface area contributed by atoms with Crippen molar-refractivity contribution in [2.45, 2.75) is 17.9 Å². The quantitative estimate of drug-likeness (QED) is 0.354. The molecule has 1 amide bonds. The first-order valence-electron chi connectivity index (χ1n) is 10.5. The van der Waals surface area contributed by atoms with Crippen molar-refractivity contribution < 1.29 is 18.0 Å². The van der Waals surface area contributed by atoms with Gasteiger partial charge in [-0.1, -0.05) is 72.3 Å². The van der Waals surface area contributed by atoms with Gasteiger partial charge in [-0.05, 0) is 48.0 Å². The Balaban J connectivity index is 1.54. The number of rotatable bonds is 7. The molecule has 0 fully saturated rings. The van der Waals surface area contributed by atoms with E-state index in [1.54, 1.807) is 48.5 Å². The minimum Gasteiger partial charge on any atom is -0.324 e. The number of carbonyl (C=O) groups excluding carboxylic acids is 2. The molecule has 0 radical (unpaired) electrons. The number of hydrogen-bond donors (Lipinski definition) is 2.